The number of rotatable bonds is 7. The maximum atomic E-state index is 14.2. The molecule has 0 N–H and O–H groups in total. The number of hydrogen-bond donors (Lipinski definition) is 0. The molecule has 6 heteroatoms. The first-order valence-electron chi connectivity index (χ1n) is 9.52. The van der Waals surface area contributed by atoms with Crippen molar-refractivity contribution < 1.29 is 55.9 Å². The molecule has 0 spiro atoms. The number of carbonyl (C=O) groups excluding carboxylic acids is 1. The third-order valence-corrected chi connectivity index (χ3v) is 5.31. The van der Waals surface area contributed by atoms with E-state index in [1.54, 1.807) is 0 Å². The van der Waals surface area contributed by atoms with Crippen molar-refractivity contribution in [2.45, 2.75) is 25.8 Å². The number of benzene rings is 2. The minimum absolute atomic E-state index is 0. The van der Waals surface area contributed by atoms with E-state index >= 15 is 0 Å². The topological polar surface area (TPSA) is 35.5 Å². The Morgan fingerprint density at radius 2 is 1.75 bits per heavy atom. The molecule has 1 aliphatic rings. The summed E-state index contributed by atoms with van der Waals surface area (Å²) in [5.41, 5.74) is 1.44. The fraction of sp³-hybridized carbons (Fsp3) is 0.409. The van der Waals surface area contributed by atoms with Gasteiger partial charge in [0.1, 0.15) is 25.3 Å². The van der Waals surface area contributed by atoms with Gasteiger partial charge >= 0.3 is 5.97 Å². The maximum absolute atomic E-state index is 14.2. The second kappa shape index (κ2) is 11.0. The number of ether oxygens (including phenoxy) is 2. The van der Waals surface area contributed by atoms with E-state index in [1.807, 2.05) is 6.07 Å². The second-order valence-corrected chi connectivity index (χ2v) is 7.17. The molecule has 1 fully saturated rings. The van der Waals surface area contributed by atoms with Crippen LogP contribution in [0.25, 0.3) is 0 Å². The van der Waals surface area contributed by atoms with Gasteiger partial charge in [0.2, 0.25) is 0 Å². The first-order chi connectivity index (χ1) is 13.1. The molecule has 3 rings (SSSR count). The molecule has 0 saturated carbocycles. The van der Waals surface area contributed by atoms with Crippen molar-refractivity contribution in [1.82, 2.24) is 0 Å². The van der Waals surface area contributed by atoms with E-state index in [4.69, 9.17) is 9.47 Å². The van der Waals surface area contributed by atoms with Gasteiger partial charge in [-0.3, -0.25) is 0 Å². The van der Waals surface area contributed by atoms with E-state index in [0.29, 0.717) is 6.61 Å². The van der Waals surface area contributed by atoms with Crippen LogP contribution >= 0.6 is 0 Å². The summed E-state index contributed by atoms with van der Waals surface area (Å²) >= 11 is 0. The van der Waals surface area contributed by atoms with Gasteiger partial charge in [0.25, 0.3) is 0 Å². The van der Waals surface area contributed by atoms with Gasteiger partial charge in [-0.05, 0) is 31.4 Å². The molecule has 147 valence electrons. The predicted octanol–water partition coefficient (Wildman–Crippen LogP) is 4.19. The Bertz CT molecular complexity index is 764. The molecule has 0 bridgehead atoms. The molecule has 0 amide bonds. The van der Waals surface area contributed by atoms with E-state index < -0.39 is 11.8 Å². The Balaban J connectivity index is 0.00000280. The molecule has 1 aliphatic heterocycles. The largest absolute Gasteiger partial charge is 0.484 e. The Morgan fingerprint density at radius 3 is 2.43 bits per heavy atom. The molecule has 0 aliphatic carbocycles. The second-order valence-electron chi connectivity index (χ2n) is 7.17. The van der Waals surface area contributed by atoms with Crippen molar-refractivity contribution in [2.75, 3.05) is 33.4 Å². The van der Waals surface area contributed by atoms with Crippen LogP contribution in [0.5, 0.6) is 5.75 Å². The summed E-state index contributed by atoms with van der Waals surface area (Å²) in [7, 11) is 1.28. The maximum Gasteiger partial charge on any atom is 0.341 e. The zero-order valence-electron chi connectivity index (χ0n) is 16.4. The first kappa shape index (κ1) is 23.0. The van der Waals surface area contributed by atoms with Gasteiger partial charge in [-0.1, -0.05) is 36.4 Å². The standard InChI is InChI=1S/C22H27FNO3.Y/c1-26-22(25)19-11-8-12-20(23)21(19)27-16-15-24(13-6-3-7-14-24)17-18-9-4-2-5-10-18;/h2,4-5,8-12H,3,6-7,13-17H2,1H3;/q+1;. The van der Waals surface area contributed by atoms with E-state index in [9.17, 15) is 9.18 Å². The van der Waals surface area contributed by atoms with Gasteiger partial charge in [-0.15, -0.1) is 0 Å². The van der Waals surface area contributed by atoms with Crippen LogP contribution in [0.4, 0.5) is 4.39 Å². The van der Waals surface area contributed by atoms with Crippen LogP contribution in [0, 0.1) is 5.82 Å². The van der Waals surface area contributed by atoms with Crippen LogP contribution < -0.4 is 4.74 Å². The van der Waals surface area contributed by atoms with Crippen molar-refractivity contribution in [3.05, 3.63) is 65.5 Å². The number of piperidine rings is 1. The van der Waals surface area contributed by atoms with Crippen LogP contribution in [0.1, 0.15) is 35.2 Å². The number of quaternary nitrogens is 1. The molecule has 1 heterocycles. The minimum Gasteiger partial charge on any atom is -0.484 e. The minimum atomic E-state index is -0.587. The normalized spacial score (nSPS) is 15.4. The van der Waals surface area contributed by atoms with Crippen molar-refractivity contribution >= 4 is 5.97 Å². The smallest absolute Gasteiger partial charge is 0.341 e. The Morgan fingerprint density at radius 1 is 1.04 bits per heavy atom. The van der Waals surface area contributed by atoms with Crippen LogP contribution in [-0.2, 0) is 44.0 Å². The molecule has 1 radical (unpaired) electrons. The number of hydrogen-bond acceptors (Lipinski definition) is 3. The summed E-state index contributed by atoms with van der Waals surface area (Å²) in [4.78, 5) is 11.9. The molecule has 1 saturated heterocycles. The monoisotopic (exact) mass is 461 g/mol. The number of esters is 1. The molecule has 2 aromatic carbocycles. The number of carbonyl (C=O) groups is 1. The molecular formula is C22H27FNO3Y+. The van der Waals surface area contributed by atoms with Gasteiger partial charge < -0.3 is 14.0 Å². The molecule has 2 aromatic rings. The van der Waals surface area contributed by atoms with Gasteiger partial charge in [0, 0.05) is 38.3 Å². The molecule has 0 aromatic heterocycles. The molecule has 4 nitrogen and oxygen atoms in total. The van der Waals surface area contributed by atoms with Crippen LogP contribution in [0.2, 0.25) is 0 Å². The molecule has 0 atom stereocenters. The third-order valence-electron chi connectivity index (χ3n) is 5.31. The Labute approximate surface area is 191 Å². The van der Waals surface area contributed by atoms with Gasteiger partial charge in [0.15, 0.2) is 11.6 Å². The quantitative estimate of drug-likeness (QED) is 0.458. The number of para-hydroxylation sites is 1. The van der Waals surface area contributed by atoms with E-state index in [0.717, 1.165) is 30.7 Å². The Hall–Kier alpha value is -1.30. The fourth-order valence-electron chi connectivity index (χ4n) is 3.88. The number of halogens is 1. The van der Waals surface area contributed by atoms with Crippen LogP contribution in [0.3, 0.4) is 0 Å². The molecular weight excluding hydrogens is 434 g/mol. The molecule has 0 unspecified atom stereocenters. The van der Waals surface area contributed by atoms with Crippen molar-refractivity contribution in [3.8, 4) is 5.75 Å². The van der Waals surface area contributed by atoms with E-state index in [1.165, 1.54) is 50.1 Å². The average Bonchev–Trinajstić information content (AvgIpc) is 2.70. The third kappa shape index (κ3) is 5.85. The number of methoxy groups -OCH3 is 1. The van der Waals surface area contributed by atoms with Gasteiger partial charge in [0.05, 0.1) is 20.2 Å². The SMILES string of the molecule is COC(=O)c1cccc(F)c1OCC[N+]1(Cc2ccccc2)CCCCC1.[Y]. The summed E-state index contributed by atoms with van der Waals surface area (Å²) in [5, 5.41) is 0. The summed E-state index contributed by atoms with van der Waals surface area (Å²) in [6.07, 6.45) is 3.65. The van der Waals surface area contributed by atoms with Crippen molar-refractivity contribution in [1.29, 1.82) is 0 Å². The molecule has 28 heavy (non-hydrogen) atoms. The summed E-state index contributed by atoms with van der Waals surface area (Å²) in [6.45, 7) is 4.28. The van der Waals surface area contributed by atoms with Gasteiger partial charge in [-0.2, -0.15) is 0 Å². The van der Waals surface area contributed by atoms with Crippen molar-refractivity contribution in [3.63, 3.8) is 0 Å². The number of nitrogens with zero attached hydrogens (tertiary/aromatic N) is 1. The zero-order chi connectivity index (χ0) is 19.1. The van der Waals surface area contributed by atoms with Crippen molar-refractivity contribution in [2.24, 2.45) is 0 Å². The summed E-state index contributed by atoms with van der Waals surface area (Å²) in [5.74, 6) is -1.14. The van der Waals surface area contributed by atoms with Gasteiger partial charge in [-0.25, -0.2) is 9.18 Å². The van der Waals surface area contributed by atoms with E-state index in [2.05, 4.69) is 24.3 Å². The Kier molecular flexibility index (Phi) is 9.06. The summed E-state index contributed by atoms with van der Waals surface area (Å²) < 4.78 is 25.7. The first-order valence-corrected chi connectivity index (χ1v) is 9.52. The predicted molar refractivity (Wildman–Crippen MR) is 102 cm³/mol. The van der Waals surface area contributed by atoms with E-state index in [-0.39, 0.29) is 44.0 Å². The average molecular weight is 461 g/mol. The number of likely N-dealkylation sites (tertiary alicyclic amines) is 1. The fourth-order valence-corrected chi connectivity index (χ4v) is 3.88. The zero-order valence-corrected chi connectivity index (χ0v) is 19.2. The van der Waals surface area contributed by atoms with Crippen LogP contribution in [-0.4, -0.2) is 43.8 Å². The summed E-state index contributed by atoms with van der Waals surface area (Å²) in [6, 6.07) is 14.8. The van der Waals surface area contributed by atoms with Crippen LogP contribution in [0.15, 0.2) is 48.5 Å².